The van der Waals surface area contributed by atoms with Crippen LogP contribution in [0, 0.1) is 0 Å². The van der Waals surface area contributed by atoms with Gasteiger partial charge in [-0.15, -0.1) is 0 Å². The Hall–Kier alpha value is -2.05. The van der Waals surface area contributed by atoms with Crippen LogP contribution < -0.4 is 5.32 Å². The average molecular weight is 454 g/mol. The van der Waals surface area contributed by atoms with Crippen molar-refractivity contribution in [2.45, 2.75) is 32.1 Å². The van der Waals surface area contributed by atoms with Gasteiger partial charge in [-0.3, -0.25) is 0 Å². The molecule has 0 saturated heterocycles. The highest BCUT2D eigenvalue weighted by Gasteiger charge is 2.24. The molecule has 0 radical (unpaired) electrons. The zero-order valence-electron chi connectivity index (χ0n) is 20.5. The van der Waals surface area contributed by atoms with Crippen molar-refractivity contribution in [2.24, 2.45) is 0 Å². The Morgan fingerprint density at radius 3 is 2.36 bits per heavy atom. The summed E-state index contributed by atoms with van der Waals surface area (Å²) in [4.78, 5) is 0. The van der Waals surface area contributed by atoms with E-state index in [0.717, 1.165) is 84.7 Å². The van der Waals surface area contributed by atoms with Gasteiger partial charge in [-0.05, 0) is 48.6 Å². The van der Waals surface area contributed by atoms with Crippen LogP contribution in [0.3, 0.4) is 0 Å². The summed E-state index contributed by atoms with van der Waals surface area (Å²) in [6.45, 7) is 6.97. The number of nitrogens with zero attached hydrogens (tertiary/aromatic N) is 1. The molecule has 0 spiro atoms. The van der Waals surface area contributed by atoms with Crippen LogP contribution in [0.25, 0.3) is 0 Å². The summed E-state index contributed by atoms with van der Waals surface area (Å²) in [5.74, 6) is 0. The average Bonchev–Trinajstić information content (AvgIpc) is 2.85. The maximum absolute atomic E-state index is 6.09. The highest BCUT2D eigenvalue weighted by Crippen LogP contribution is 2.18. The molecule has 1 aliphatic rings. The predicted molar refractivity (Wildman–Crippen MR) is 135 cm³/mol. The first kappa shape index (κ1) is 25.6. The van der Waals surface area contributed by atoms with E-state index in [4.69, 9.17) is 14.2 Å². The third kappa shape index (κ3) is 8.35. The molecule has 2 aromatic carbocycles. The van der Waals surface area contributed by atoms with Crippen LogP contribution in [0.2, 0.25) is 0 Å². The molecule has 0 bridgehead atoms. The van der Waals surface area contributed by atoms with Crippen molar-refractivity contribution >= 4 is 5.71 Å². The third-order valence-corrected chi connectivity index (χ3v) is 6.32. The summed E-state index contributed by atoms with van der Waals surface area (Å²) in [6.07, 6.45) is 5.22. The molecule has 0 fully saturated rings. The number of rotatable bonds is 16. The summed E-state index contributed by atoms with van der Waals surface area (Å²) in [6, 6.07) is 17.6. The number of nitrogens with one attached hydrogen (secondary N) is 1. The van der Waals surface area contributed by atoms with Crippen LogP contribution in [0.1, 0.15) is 35.1 Å². The van der Waals surface area contributed by atoms with Crippen LogP contribution in [0.4, 0.5) is 0 Å². The minimum Gasteiger partial charge on any atom is -0.383 e. The lowest BCUT2D eigenvalue weighted by Gasteiger charge is -2.18. The Morgan fingerprint density at radius 2 is 1.55 bits per heavy atom. The molecule has 0 saturated carbocycles. The number of aryl methyl sites for hydroxylation is 1. The van der Waals surface area contributed by atoms with Gasteiger partial charge in [0, 0.05) is 39.4 Å². The predicted octanol–water partition coefficient (Wildman–Crippen LogP) is 3.51. The van der Waals surface area contributed by atoms with E-state index in [1.807, 2.05) is 0 Å². The van der Waals surface area contributed by atoms with E-state index in [-0.39, 0.29) is 0 Å². The maximum atomic E-state index is 6.09. The molecule has 33 heavy (non-hydrogen) atoms. The molecule has 1 aliphatic heterocycles. The number of benzene rings is 2. The smallest absolute Gasteiger partial charge is 0.185 e. The van der Waals surface area contributed by atoms with Crippen molar-refractivity contribution in [1.82, 2.24) is 5.32 Å². The second-order valence-electron chi connectivity index (χ2n) is 8.56. The minimum absolute atomic E-state index is 0.758. The number of methoxy groups -OCH3 is 2. The van der Waals surface area contributed by atoms with Gasteiger partial charge in [0.1, 0.15) is 13.2 Å². The highest BCUT2D eigenvalue weighted by atomic mass is 16.5. The molecule has 0 atom stereocenters. The van der Waals surface area contributed by atoms with E-state index in [1.165, 1.54) is 28.0 Å². The van der Waals surface area contributed by atoms with Crippen molar-refractivity contribution in [1.29, 1.82) is 0 Å². The first-order valence-corrected chi connectivity index (χ1v) is 12.4. The lowest BCUT2D eigenvalue weighted by atomic mass is 9.95. The van der Waals surface area contributed by atoms with Crippen LogP contribution in [-0.2, 0) is 33.5 Å². The van der Waals surface area contributed by atoms with Gasteiger partial charge in [-0.2, -0.15) is 0 Å². The number of hydrogen-bond acceptors (Lipinski definition) is 4. The van der Waals surface area contributed by atoms with Gasteiger partial charge in [0.2, 0.25) is 0 Å². The van der Waals surface area contributed by atoms with E-state index in [2.05, 4.69) is 58.4 Å². The quantitative estimate of drug-likeness (QED) is 0.312. The molecule has 2 aromatic rings. The van der Waals surface area contributed by atoms with E-state index in [0.29, 0.717) is 0 Å². The Morgan fingerprint density at radius 1 is 0.788 bits per heavy atom. The number of ether oxygens (including phenoxy) is 3. The molecular weight excluding hydrogens is 412 g/mol. The third-order valence-electron chi connectivity index (χ3n) is 6.32. The van der Waals surface area contributed by atoms with Crippen molar-refractivity contribution in [2.75, 3.05) is 66.8 Å². The minimum atomic E-state index is 0.758. The Balaban J connectivity index is 1.43. The Kier molecular flexibility index (Phi) is 11.6. The van der Waals surface area contributed by atoms with Gasteiger partial charge < -0.3 is 19.5 Å². The zero-order valence-corrected chi connectivity index (χ0v) is 20.5. The molecule has 0 aromatic heterocycles. The molecule has 180 valence electrons. The molecule has 1 heterocycles. The molecule has 1 N–H and O–H groups in total. The molecule has 0 amide bonds. The van der Waals surface area contributed by atoms with Crippen LogP contribution in [0.15, 0.2) is 48.5 Å². The van der Waals surface area contributed by atoms with Crippen molar-refractivity contribution in [3.8, 4) is 0 Å². The maximum Gasteiger partial charge on any atom is 0.185 e. The normalized spacial score (nSPS) is 13.4. The largest absolute Gasteiger partial charge is 0.383 e. The van der Waals surface area contributed by atoms with Crippen molar-refractivity contribution in [3.05, 3.63) is 70.8 Å². The molecule has 5 heteroatoms. The fourth-order valence-electron chi connectivity index (χ4n) is 4.52. The van der Waals surface area contributed by atoms with E-state index >= 15 is 0 Å². The summed E-state index contributed by atoms with van der Waals surface area (Å²) in [7, 11) is 3.51. The van der Waals surface area contributed by atoms with Gasteiger partial charge in [-0.1, -0.05) is 42.5 Å². The number of hydrogen-bond donors (Lipinski definition) is 1. The Labute approximate surface area is 199 Å². The molecule has 0 unspecified atom stereocenters. The van der Waals surface area contributed by atoms with Gasteiger partial charge in [0.25, 0.3) is 0 Å². The van der Waals surface area contributed by atoms with Gasteiger partial charge >= 0.3 is 0 Å². The SMILES string of the molecule is COCCNCCc1ccccc1CCCOCCC1=[N+](CCOC)CCc2ccccc21. The van der Waals surface area contributed by atoms with Crippen molar-refractivity contribution in [3.63, 3.8) is 0 Å². The van der Waals surface area contributed by atoms with Crippen LogP contribution in [-0.4, -0.2) is 77.1 Å². The lowest BCUT2D eigenvalue weighted by Crippen LogP contribution is -2.33. The summed E-state index contributed by atoms with van der Waals surface area (Å²) in [5, 5.41) is 3.44. The van der Waals surface area contributed by atoms with Gasteiger partial charge in [0.05, 0.1) is 19.6 Å². The summed E-state index contributed by atoms with van der Waals surface area (Å²) in [5.41, 5.74) is 7.12. The van der Waals surface area contributed by atoms with Crippen LogP contribution >= 0.6 is 0 Å². The summed E-state index contributed by atoms with van der Waals surface area (Å²) >= 11 is 0. The van der Waals surface area contributed by atoms with Gasteiger partial charge in [0.15, 0.2) is 12.3 Å². The fraction of sp³-hybridized carbons (Fsp3) is 0.536. The highest BCUT2D eigenvalue weighted by molar-refractivity contribution is 5.98. The first-order chi connectivity index (χ1) is 16.3. The van der Waals surface area contributed by atoms with Crippen LogP contribution in [0.5, 0.6) is 0 Å². The Bertz CT molecular complexity index is 866. The van der Waals surface area contributed by atoms with E-state index in [9.17, 15) is 0 Å². The molecule has 3 rings (SSSR count). The lowest BCUT2D eigenvalue weighted by molar-refractivity contribution is -0.532. The number of fused-ring (bicyclic) bond motifs is 1. The van der Waals surface area contributed by atoms with E-state index < -0.39 is 0 Å². The zero-order chi connectivity index (χ0) is 23.1. The second kappa shape index (κ2) is 15.0. The van der Waals surface area contributed by atoms with Crippen molar-refractivity contribution < 1.29 is 18.8 Å². The van der Waals surface area contributed by atoms with E-state index in [1.54, 1.807) is 14.2 Å². The second-order valence-corrected chi connectivity index (χ2v) is 8.56. The van der Waals surface area contributed by atoms with Gasteiger partial charge in [-0.25, -0.2) is 4.58 Å². The molecule has 0 aliphatic carbocycles. The monoisotopic (exact) mass is 453 g/mol. The first-order valence-electron chi connectivity index (χ1n) is 12.4. The fourth-order valence-corrected chi connectivity index (χ4v) is 4.52. The molecular formula is C28H41N2O3+. The summed E-state index contributed by atoms with van der Waals surface area (Å²) < 4.78 is 19.0. The standard InChI is InChI=1S/C28H41N2O3/c1-31-22-17-29-16-13-25-9-4-3-8-24(25)11-7-20-33-21-15-28-27-12-6-5-10-26(27)14-18-30(28)19-23-32-2/h3-6,8-10,12,29H,7,11,13-23H2,1-2H3/q+1. The topological polar surface area (TPSA) is 42.7 Å². The molecule has 5 nitrogen and oxygen atoms in total.